The van der Waals surface area contributed by atoms with E-state index in [0.717, 1.165) is 5.56 Å². The van der Waals surface area contributed by atoms with E-state index < -0.39 is 0 Å². The summed E-state index contributed by atoms with van der Waals surface area (Å²) in [6.45, 7) is 2.00. The molecular formula is C13H20O4. The fourth-order valence-corrected chi connectivity index (χ4v) is 1.29. The largest absolute Gasteiger partial charge is 0.394 e. The van der Waals surface area contributed by atoms with E-state index in [1.165, 1.54) is 0 Å². The molecule has 0 fully saturated rings. The van der Waals surface area contributed by atoms with Crippen LogP contribution in [0.4, 0.5) is 0 Å². The molecule has 1 N–H and O–H groups in total. The van der Waals surface area contributed by atoms with Gasteiger partial charge >= 0.3 is 0 Å². The van der Waals surface area contributed by atoms with Crippen molar-refractivity contribution in [3.8, 4) is 0 Å². The zero-order chi connectivity index (χ0) is 12.3. The van der Waals surface area contributed by atoms with E-state index in [-0.39, 0.29) is 12.7 Å². The summed E-state index contributed by atoms with van der Waals surface area (Å²) in [5.74, 6) is 0. The average Bonchev–Trinajstić information content (AvgIpc) is 2.39. The molecule has 0 saturated carbocycles. The summed E-state index contributed by atoms with van der Waals surface area (Å²) in [5.41, 5.74) is 1.15. The number of hydrogen-bond donors (Lipinski definition) is 1. The molecule has 0 bridgehead atoms. The van der Waals surface area contributed by atoms with Gasteiger partial charge in [-0.3, -0.25) is 0 Å². The van der Waals surface area contributed by atoms with Crippen LogP contribution in [-0.2, 0) is 20.8 Å². The van der Waals surface area contributed by atoms with Crippen LogP contribution in [0.5, 0.6) is 0 Å². The molecule has 17 heavy (non-hydrogen) atoms. The first-order chi connectivity index (χ1) is 8.36. The Bertz CT molecular complexity index is 272. The topological polar surface area (TPSA) is 47.9 Å². The molecular weight excluding hydrogens is 220 g/mol. The first-order valence-corrected chi connectivity index (χ1v) is 5.70. The van der Waals surface area contributed by atoms with Crippen LogP contribution in [0, 0.1) is 0 Å². The second-order valence-corrected chi connectivity index (χ2v) is 3.65. The van der Waals surface area contributed by atoms with Gasteiger partial charge in [0.25, 0.3) is 0 Å². The van der Waals surface area contributed by atoms with E-state index in [1.54, 1.807) is 7.11 Å². The molecule has 4 nitrogen and oxygen atoms in total. The minimum atomic E-state index is -0.246. The Morgan fingerprint density at radius 3 is 2.47 bits per heavy atom. The molecule has 1 atom stereocenters. The van der Waals surface area contributed by atoms with Crippen LogP contribution in [0.3, 0.4) is 0 Å². The Kier molecular flexibility index (Phi) is 7.58. The summed E-state index contributed by atoms with van der Waals surface area (Å²) in [4.78, 5) is 0. The van der Waals surface area contributed by atoms with Crippen molar-refractivity contribution in [3.63, 3.8) is 0 Å². The Balaban J connectivity index is 1.98. The Labute approximate surface area is 102 Å². The highest BCUT2D eigenvalue weighted by molar-refractivity contribution is 5.13. The molecule has 0 heterocycles. The first-order valence-electron chi connectivity index (χ1n) is 5.70. The van der Waals surface area contributed by atoms with Crippen LogP contribution in [0.25, 0.3) is 0 Å². The van der Waals surface area contributed by atoms with Crippen LogP contribution in [-0.4, -0.2) is 44.7 Å². The first kappa shape index (κ1) is 14.1. The molecule has 0 spiro atoms. The molecule has 0 aliphatic heterocycles. The Morgan fingerprint density at radius 2 is 1.82 bits per heavy atom. The second-order valence-electron chi connectivity index (χ2n) is 3.65. The number of aliphatic hydroxyl groups is 1. The third-order valence-electron chi connectivity index (χ3n) is 2.32. The van der Waals surface area contributed by atoms with E-state index >= 15 is 0 Å². The normalized spacial score (nSPS) is 12.6. The number of rotatable bonds is 9. The molecule has 1 aromatic carbocycles. The number of benzene rings is 1. The van der Waals surface area contributed by atoms with Crippen LogP contribution < -0.4 is 0 Å². The van der Waals surface area contributed by atoms with Gasteiger partial charge in [-0.2, -0.15) is 0 Å². The standard InChI is InChI=1S/C13H20O4/c1-15-13(9-14)11-17-8-7-16-10-12-5-3-2-4-6-12/h2-6,13-14H,7-11H2,1H3. The van der Waals surface area contributed by atoms with Gasteiger partial charge in [-0.05, 0) is 5.56 Å². The maximum absolute atomic E-state index is 8.84. The van der Waals surface area contributed by atoms with Gasteiger partial charge in [-0.1, -0.05) is 30.3 Å². The maximum Gasteiger partial charge on any atom is 0.103 e. The van der Waals surface area contributed by atoms with Gasteiger partial charge in [0, 0.05) is 7.11 Å². The van der Waals surface area contributed by atoms with E-state index in [2.05, 4.69) is 0 Å². The fourth-order valence-electron chi connectivity index (χ4n) is 1.29. The van der Waals surface area contributed by atoms with E-state index in [4.69, 9.17) is 19.3 Å². The van der Waals surface area contributed by atoms with Crippen molar-refractivity contribution in [2.45, 2.75) is 12.7 Å². The van der Waals surface area contributed by atoms with Gasteiger partial charge in [0.1, 0.15) is 6.10 Å². The molecule has 0 radical (unpaired) electrons. The van der Waals surface area contributed by atoms with Crippen LogP contribution in [0.1, 0.15) is 5.56 Å². The lowest BCUT2D eigenvalue weighted by Gasteiger charge is -2.12. The van der Waals surface area contributed by atoms with Crippen molar-refractivity contribution in [3.05, 3.63) is 35.9 Å². The molecule has 1 unspecified atom stereocenters. The van der Waals surface area contributed by atoms with E-state index in [0.29, 0.717) is 26.4 Å². The van der Waals surface area contributed by atoms with Crippen molar-refractivity contribution in [2.24, 2.45) is 0 Å². The van der Waals surface area contributed by atoms with Gasteiger partial charge in [0.05, 0.1) is 33.0 Å². The Morgan fingerprint density at radius 1 is 1.12 bits per heavy atom. The van der Waals surface area contributed by atoms with Gasteiger partial charge in [-0.15, -0.1) is 0 Å². The molecule has 1 aromatic rings. The third-order valence-corrected chi connectivity index (χ3v) is 2.32. The highest BCUT2D eigenvalue weighted by Gasteiger charge is 2.04. The fraction of sp³-hybridized carbons (Fsp3) is 0.538. The van der Waals surface area contributed by atoms with Gasteiger partial charge < -0.3 is 19.3 Å². The van der Waals surface area contributed by atoms with Crippen molar-refractivity contribution in [2.75, 3.05) is 33.5 Å². The minimum Gasteiger partial charge on any atom is -0.394 e. The van der Waals surface area contributed by atoms with E-state index in [1.807, 2.05) is 30.3 Å². The summed E-state index contributed by atoms with van der Waals surface area (Å²) >= 11 is 0. The van der Waals surface area contributed by atoms with Gasteiger partial charge in [-0.25, -0.2) is 0 Å². The van der Waals surface area contributed by atoms with Crippen molar-refractivity contribution in [1.82, 2.24) is 0 Å². The van der Waals surface area contributed by atoms with Gasteiger partial charge in [0.2, 0.25) is 0 Å². The summed E-state index contributed by atoms with van der Waals surface area (Å²) in [5, 5.41) is 8.84. The highest BCUT2D eigenvalue weighted by atomic mass is 16.5. The summed E-state index contributed by atoms with van der Waals surface area (Å²) in [6.07, 6.45) is -0.246. The SMILES string of the molecule is COC(CO)COCCOCc1ccccc1. The summed E-state index contributed by atoms with van der Waals surface area (Å²) in [7, 11) is 1.55. The highest BCUT2D eigenvalue weighted by Crippen LogP contribution is 2.00. The monoisotopic (exact) mass is 240 g/mol. The molecule has 96 valence electrons. The minimum absolute atomic E-state index is 0.0264. The number of ether oxygens (including phenoxy) is 3. The third kappa shape index (κ3) is 6.38. The van der Waals surface area contributed by atoms with Crippen molar-refractivity contribution in [1.29, 1.82) is 0 Å². The van der Waals surface area contributed by atoms with E-state index in [9.17, 15) is 0 Å². The molecule has 0 aromatic heterocycles. The number of methoxy groups -OCH3 is 1. The quantitative estimate of drug-likeness (QED) is 0.659. The smallest absolute Gasteiger partial charge is 0.103 e. The predicted molar refractivity (Wildman–Crippen MR) is 64.8 cm³/mol. The lowest BCUT2D eigenvalue weighted by molar-refractivity contribution is -0.0354. The Hall–Kier alpha value is -0.940. The van der Waals surface area contributed by atoms with Crippen LogP contribution in [0.2, 0.25) is 0 Å². The summed E-state index contributed by atoms with van der Waals surface area (Å²) in [6, 6.07) is 9.99. The van der Waals surface area contributed by atoms with Crippen molar-refractivity contribution >= 4 is 0 Å². The molecule has 0 aliphatic rings. The summed E-state index contributed by atoms with van der Waals surface area (Å²) < 4.78 is 15.7. The van der Waals surface area contributed by atoms with Crippen LogP contribution in [0.15, 0.2) is 30.3 Å². The zero-order valence-electron chi connectivity index (χ0n) is 10.2. The number of aliphatic hydroxyl groups excluding tert-OH is 1. The molecule has 1 rings (SSSR count). The molecule has 0 amide bonds. The second kappa shape index (κ2) is 9.13. The molecule has 0 aliphatic carbocycles. The zero-order valence-corrected chi connectivity index (χ0v) is 10.2. The maximum atomic E-state index is 8.84. The van der Waals surface area contributed by atoms with Crippen molar-refractivity contribution < 1.29 is 19.3 Å². The van der Waals surface area contributed by atoms with Crippen LogP contribution >= 0.6 is 0 Å². The van der Waals surface area contributed by atoms with Gasteiger partial charge in [0.15, 0.2) is 0 Å². The number of hydrogen-bond acceptors (Lipinski definition) is 4. The molecule has 0 saturated heterocycles. The average molecular weight is 240 g/mol. The predicted octanol–water partition coefficient (Wildman–Crippen LogP) is 1.23. The lowest BCUT2D eigenvalue weighted by atomic mass is 10.2. The lowest BCUT2D eigenvalue weighted by Crippen LogP contribution is -2.23. The molecule has 4 heteroatoms.